The largest absolute Gasteiger partial charge is 0.371 e. The van der Waals surface area contributed by atoms with Gasteiger partial charge in [-0.2, -0.15) is 0 Å². The number of rotatable bonds is 3. The fourth-order valence-electron chi connectivity index (χ4n) is 1.37. The molecule has 86 valence electrons. The summed E-state index contributed by atoms with van der Waals surface area (Å²) in [6.45, 7) is 4.32. The number of nitrogens with zero attached hydrogens (tertiary/aromatic N) is 1. The van der Waals surface area contributed by atoms with Crippen molar-refractivity contribution >= 4 is 27.0 Å². The second-order valence-electron chi connectivity index (χ2n) is 3.83. The maximum Gasteiger partial charge on any atom is 0.139 e. The monoisotopic (exact) mass is 286 g/mol. The summed E-state index contributed by atoms with van der Waals surface area (Å²) in [4.78, 5) is 7.33. The number of benzene rings is 1. The summed E-state index contributed by atoms with van der Waals surface area (Å²) >= 11 is 3.13. The third-order valence-corrected chi connectivity index (χ3v) is 2.73. The molecule has 2 aromatic rings. The number of hydrogen-bond acceptors (Lipinski definition) is 2. The number of aromatic amines is 1. The molecule has 1 aromatic heterocycles. The van der Waals surface area contributed by atoms with Crippen LogP contribution in [-0.4, -0.2) is 16.1 Å². The highest BCUT2D eigenvalue weighted by molar-refractivity contribution is 9.10. The summed E-state index contributed by atoms with van der Waals surface area (Å²) in [6, 6.07) is 3.07. The van der Waals surface area contributed by atoms with Gasteiger partial charge in [-0.1, -0.05) is 0 Å². The minimum Gasteiger partial charge on any atom is -0.371 e. The number of aromatic nitrogens is 2. The fourth-order valence-corrected chi connectivity index (χ4v) is 1.70. The minimum atomic E-state index is -0.299. The molecule has 1 aromatic carbocycles. The Balaban J connectivity index is 2.29. The summed E-state index contributed by atoms with van der Waals surface area (Å²) in [5, 5.41) is 0. The van der Waals surface area contributed by atoms with Gasteiger partial charge in [-0.25, -0.2) is 9.37 Å². The van der Waals surface area contributed by atoms with Gasteiger partial charge in [0.1, 0.15) is 18.2 Å². The van der Waals surface area contributed by atoms with Gasteiger partial charge in [0.25, 0.3) is 0 Å². The molecule has 0 bridgehead atoms. The lowest BCUT2D eigenvalue weighted by Gasteiger charge is -2.03. The number of imidazole rings is 1. The first-order valence-electron chi connectivity index (χ1n) is 5.01. The van der Waals surface area contributed by atoms with Gasteiger partial charge in [-0.15, -0.1) is 0 Å². The highest BCUT2D eigenvalue weighted by atomic mass is 79.9. The van der Waals surface area contributed by atoms with Crippen LogP contribution in [-0.2, 0) is 11.3 Å². The maximum absolute atomic E-state index is 13.2. The summed E-state index contributed by atoms with van der Waals surface area (Å²) in [5.74, 6) is 0.411. The molecule has 0 aliphatic rings. The lowest BCUT2D eigenvalue weighted by atomic mass is 10.3. The van der Waals surface area contributed by atoms with Crippen LogP contribution in [0.15, 0.2) is 16.6 Å². The van der Waals surface area contributed by atoms with Gasteiger partial charge in [0, 0.05) is 6.07 Å². The molecule has 0 atom stereocenters. The van der Waals surface area contributed by atoms with Crippen LogP contribution in [0.25, 0.3) is 11.0 Å². The number of ether oxygens (including phenoxy) is 1. The van der Waals surface area contributed by atoms with Gasteiger partial charge in [0.05, 0.1) is 21.6 Å². The molecule has 3 nitrogen and oxygen atoms in total. The van der Waals surface area contributed by atoms with Crippen LogP contribution in [0.2, 0.25) is 0 Å². The predicted octanol–water partition coefficient (Wildman–Crippen LogP) is 3.39. The Kier molecular flexibility index (Phi) is 3.25. The van der Waals surface area contributed by atoms with E-state index < -0.39 is 0 Å². The fraction of sp³-hybridized carbons (Fsp3) is 0.364. The topological polar surface area (TPSA) is 37.9 Å². The summed E-state index contributed by atoms with van der Waals surface area (Å²) in [7, 11) is 0. The number of nitrogens with one attached hydrogen (secondary N) is 1. The van der Waals surface area contributed by atoms with Crippen LogP contribution in [0.1, 0.15) is 19.7 Å². The van der Waals surface area contributed by atoms with E-state index in [9.17, 15) is 4.39 Å². The number of hydrogen-bond donors (Lipinski definition) is 1. The van der Waals surface area contributed by atoms with Gasteiger partial charge in [-0.3, -0.25) is 0 Å². The zero-order valence-electron chi connectivity index (χ0n) is 9.05. The first kappa shape index (κ1) is 11.5. The van der Waals surface area contributed by atoms with Crippen molar-refractivity contribution in [3.05, 3.63) is 28.2 Å². The van der Waals surface area contributed by atoms with Crippen molar-refractivity contribution in [2.75, 3.05) is 0 Å². The Morgan fingerprint density at radius 2 is 2.25 bits per heavy atom. The van der Waals surface area contributed by atoms with Gasteiger partial charge in [0.2, 0.25) is 0 Å². The molecule has 0 amide bonds. The van der Waals surface area contributed by atoms with Gasteiger partial charge in [0.15, 0.2) is 0 Å². The van der Waals surface area contributed by atoms with Crippen molar-refractivity contribution in [1.82, 2.24) is 9.97 Å². The van der Waals surface area contributed by atoms with E-state index in [-0.39, 0.29) is 11.9 Å². The third-order valence-electron chi connectivity index (χ3n) is 2.13. The Morgan fingerprint density at radius 1 is 1.50 bits per heavy atom. The van der Waals surface area contributed by atoms with Crippen LogP contribution in [0.5, 0.6) is 0 Å². The molecule has 5 heteroatoms. The second kappa shape index (κ2) is 4.51. The van der Waals surface area contributed by atoms with Crippen LogP contribution in [0, 0.1) is 5.82 Å². The number of fused-ring (bicyclic) bond motifs is 1. The molecule has 1 heterocycles. The van der Waals surface area contributed by atoms with E-state index in [4.69, 9.17) is 4.74 Å². The van der Waals surface area contributed by atoms with Crippen molar-refractivity contribution in [3.8, 4) is 0 Å². The van der Waals surface area contributed by atoms with E-state index in [1.54, 1.807) is 6.07 Å². The molecule has 0 aliphatic carbocycles. The van der Waals surface area contributed by atoms with E-state index in [0.29, 0.717) is 22.4 Å². The van der Waals surface area contributed by atoms with Crippen LogP contribution < -0.4 is 0 Å². The van der Waals surface area contributed by atoms with E-state index in [1.807, 2.05) is 13.8 Å². The van der Waals surface area contributed by atoms with Crippen molar-refractivity contribution in [2.45, 2.75) is 26.6 Å². The molecule has 0 saturated carbocycles. The van der Waals surface area contributed by atoms with E-state index in [0.717, 1.165) is 5.52 Å². The SMILES string of the molecule is CC(C)OCc1nc2cc(Br)c(F)cc2[nH]1. The molecule has 0 fully saturated rings. The van der Waals surface area contributed by atoms with Gasteiger partial charge >= 0.3 is 0 Å². The Labute approximate surface area is 101 Å². The maximum atomic E-state index is 13.2. The van der Waals surface area contributed by atoms with E-state index in [2.05, 4.69) is 25.9 Å². The normalized spacial score (nSPS) is 11.6. The number of halogens is 2. The second-order valence-corrected chi connectivity index (χ2v) is 4.68. The van der Waals surface area contributed by atoms with Crippen LogP contribution in [0.3, 0.4) is 0 Å². The van der Waals surface area contributed by atoms with Crippen LogP contribution >= 0.6 is 15.9 Å². The zero-order chi connectivity index (χ0) is 11.7. The Hall–Kier alpha value is -0.940. The predicted molar refractivity (Wildman–Crippen MR) is 63.7 cm³/mol. The molecular formula is C11H12BrFN2O. The smallest absolute Gasteiger partial charge is 0.139 e. The zero-order valence-corrected chi connectivity index (χ0v) is 10.6. The average molecular weight is 287 g/mol. The lowest BCUT2D eigenvalue weighted by Crippen LogP contribution is -2.03. The molecule has 0 aliphatic heterocycles. The quantitative estimate of drug-likeness (QED) is 0.939. The Morgan fingerprint density at radius 3 is 2.94 bits per heavy atom. The molecule has 16 heavy (non-hydrogen) atoms. The first-order chi connectivity index (χ1) is 7.56. The first-order valence-corrected chi connectivity index (χ1v) is 5.81. The van der Waals surface area contributed by atoms with Crippen molar-refractivity contribution in [2.24, 2.45) is 0 Å². The Bertz CT molecular complexity index is 471. The lowest BCUT2D eigenvalue weighted by molar-refractivity contribution is 0.0618. The summed E-state index contributed by atoms with van der Waals surface area (Å²) in [5.41, 5.74) is 1.42. The van der Waals surface area contributed by atoms with Gasteiger partial charge < -0.3 is 9.72 Å². The molecule has 0 radical (unpaired) electrons. The standard InChI is InChI=1S/C11H12BrFN2O/c1-6(2)16-5-11-14-9-3-7(12)8(13)4-10(9)15-11/h3-4,6H,5H2,1-2H3,(H,14,15). The van der Waals surface area contributed by atoms with E-state index in [1.165, 1.54) is 6.07 Å². The van der Waals surface area contributed by atoms with Gasteiger partial charge in [-0.05, 0) is 35.8 Å². The molecule has 0 saturated heterocycles. The highest BCUT2D eigenvalue weighted by Crippen LogP contribution is 2.21. The van der Waals surface area contributed by atoms with Crippen molar-refractivity contribution in [3.63, 3.8) is 0 Å². The molecule has 0 unspecified atom stereocenters. The molecule has 2 rings (SSSR count). The number of H-pyrrole nitrogens is 1. The summed E-state index contributed by atoms with van der Waals surface area (Å²) in [6.07, 6.45) is 0.150. The van der Waals surface area contributed by atoms with Crippen molar-refractivity contribution < 1.29 is 9.13 Å². The highest BCUT2D eigenvalue weighted by Gasteiger charge is 2.07. The average Bonchev–Trinajstić information content (AvgIpc) is 2.58. The molecular weight excluding hydrogens is 275 g/mol. The molecule has 0 spiro atoms. The summed E-state index contributed by atoms with van der Waals surface area (Å²) < 4.78 is 19.1. The minimum absolute atomic E-state index is 0.150. The third kappa shape index (κ3) is 2.41. The van der Waals surface area contributed by atoms with Crippen molar-refractivity contribution in [1.29, 1.82) is 0 Å². The molecule has 1 N–H and O–H groups in total. The van der Waals surface area contributed by atoms with Crippen LogP contribution in [0.4, 0.5) is 4.39 Å². The van der Waals surface area contributed by atoms with E-state index >= 15 is 0 Å².